The molecular weight excluding hydrogens is 182 g/mol. The molecule has 5 heteroatoms. The third kappa shape index (κ3) is 2.45. The zero-order valence-electron chi connectivity index (χ0n) is 7.65. The number of rotatable bonds is 3. The van der Waals surface area contributed by atoms with E-state index in [2.05, 4.69) is 25.9 Å². The van der Waals surface area contributed by atoms with Gasteiger partial charge in [0.15, 0.2) is 0 Å². The van der Waals surface area contributed by atoms with Crippen molar-refractivity contribution in [1.29, 1.82) is 0 Å². The van der Waals surface area contributed by atoms with Gasteiger partial charge in [-0.2, -0.15) is 0 Å². The molecule has 14 heavy (non-hydrogen) atoms. The maximum Gasteiger partial charge on any atom is 0.376 e. The van der Waals surface area contributed by atoms with E-state index in [1.165, 1.54) is 13.3 Å². The number of hydrogen-bond acceptors (Lipinski definition) is 5. The summed E-state index contributed by atoms with van der Waals surface area (Å²) in [6.45, 7) is 0.345. The Balaban J connectivity index is 2.79. The van der Waals surface area contributed by atoms with Crippen molar-refractivity contribution in [3.05, 3.63) is 18.1 Å². The molecular formula is C9H9N3O2. The summed E-state index contributed by atoms with van der Waals surface area (Å²) >= 11 is 0. The number of carbonyl (C=O) groups is 1. The Morgan fingerprint density at radius 2 is 2.57 bits per heavy atom. The van der Waals surface area contributed by atoms with Crippen molar-refractivity contribution in [3.63, 3.8) is 0 Å². The van der Waals surface area contributed by atoms with Gasteiger partial charge in [-0.25, -0.2) is 14.8 Å². The predicted molar refractivity (Wildman–Crippen MR) is 50.7 cm³/mol. The molecule has 0 spiro atoms. The minimum absolute atomic E-state index is 0.00882. The van der Waals surface area contributed by atoms with Crippen LogP contribution in [0.15, 0.2) is 12.3 Å². The molecule has 0 atom stereocenters. The first-order valence-corrected chi connectivity index (χ1v) is 3.86. The van der Waals surface area contributed by atoms with Gasteiger partial charge >= 0.3 is 5.97 Å². The van der Waals surface area contributed by atoms with Crippen LogP contribution in [0.4, 0.5) is 5.82 Å². The molecule has 0 aliphatic carbocycles. The highest BCUT2D eigenvalue weighted by Crippen LogP contribution is 2.01. The van der Waals surface area contributed by atoms with Crippen LogP contribution in [-0.2, 0) is 4.74 Å². The molecule has 0 aromatic carbocycles. The second-order valence-electron chi connectivity index (χ2n) is 2.31. The average Bonchev–Trinajstić information content (AvgIpc) is 2.25. The van der Waals surface area contributed by atoms with Crippen LogP contribution >= 0.6 is 0 Å². The first-order chi connectivity index (χ1) is 6.77. The quantitative estimate of drug-likeness (QED) is 0.550. The van der Waals surface area contributed by atoms with Gasteiger partial charge in [-0.15, -0.1) is 6.42 Å². The molecule has 0 fully saturated rings. The van der Waals surface area contributed by atoms with Crippen molar-refractivity contribution >= 4 is 11.8 Å². The molecule has 0 aliphatic heterocycles. The molecule has 1 N–H and O–H groups in total. The third-order valence-corrected chi connectivity index (χ3v) is 1.40. The van der Waals surface area contributed by atoms with Crippen LogP contribution in [0.1, 0.15) is 10.6 Å². The zero-order valence-corrected chi connectivity index (χ0v) is 7.65. The number of methoxy groups -OCH3 is 1. The van der Waals surface area contributed by atoms with Crippen LogP contribution in [0.25, 0.3) is 0 Å². The molecule has 1 aromatic heterocycles. The lowest BCUT2D eigenvalue weighted by molar-refractivity contribution is 0.0587. The summed E-state index contributed by atoms with van der Waals surface area (Å²) in [7, 11) is 1.27. The first-order valence-electron chi connectivity index (χ1n) is 3.86. The number of anilines is 1. The second-order valence-corrected chi connectivity index (χ2v) is 2.31. The number of terminal acetylenes is 1. The monoisotopic (exact) mass is 191 g/mol. The average molecular weight is 191 g/mol. The molecule has 0 aliphatic rings. The van der Waals surface area contributed by atoms with Gasteiger partial charge in [0.25, 0.3) is 0 Å². The molecule has 0 bridgehead atoms. The van der Waals surface area contributed by atoms with Crippen molar-refractivity contribution < 1.29 is 9.53 Å². The fourth-order valence-corrected chi connectivity index (χ4v) is 0.788. The molecule has 1 rings (SSSR count). The molecule has 1 aromatic rings. The minimum Gasteiger partial charge on any atom is -0.463 e. The lowest BCUT2D eigenvalue weighted by Crippen LogP contribution is -2.09. The first kappa shape index (κ1) is 9.99. The standard InChI is InChI=1S/C9H9N3O2/c1-3-5-10-7-4-6-11-8(12-7)9(13)14-2/h1,4,6H,5H2,2H3,(H,10,11,12). The Morgan fingerprint density at radius 3 is 3.21 bits per heavy atom. The Labute approximate surface area is 81.5 Å². The lowest BCUT2D eigenvalue weighted by Gasteiger charge is -2.02. The number of esters is 1. The molecule has 0 radical (unpaired) electrons. The highest BCUT2D eigenvalue weighted by Gasteiger charge is 2.08. The Morgan fingerprint density at radius 1 is 1.79 bits per heavy atom. The SMILES string of the molecule is C#CCNc1ccnc(C(=O)OC)n1. The van der Waals surface area contributed by atoms with Crippen LogP contribution in [-0.4, -0.2) is 29.6 Å². The Bertz CT molecular complexity index is 371. The van der Waals surface area contributed by atoms with Crippen LogP contribution in [0.3, 0.4) is 0 Å². The maximum atomic E-state index is 11.0. The topological polar surface area (TPSA) is 64.1 Å². The summed E-state index contributed by atoms with van der Waals surface area (Å²) in [5, 5.41) is 2.82. The molecule has 0 amide bonds. The Hall–Kier alpha value is -2.09. The minimum atomic E-state index is -0.575. The summed E-state index contributed by atoms with van der Waals surface area (Å²) in [4.78, 5) is 18.7. The maximum absolute atomic E-state index is 11.0. The van der Waals surface area contributed by atoms with Crippen LogP contribution in [0.2, 0.25) is 0 Å². The molecule has 72 valence electrons. The van der Waals surface area contributed by atoms with Gasteiger partial charge in [0.2, 0.25) is 5.82 Å². The van der Waals surface area contributed by atoms with Crippen LogP contribution < -0.4 is 5.32 Å². The number of aromatic nitrogens is 2. The lowest BCUT2D eigenvalue weighted by atomic mass is 10.5. The Kier molecular flexibility index (Phi) is 3.44. The number of carbonyl (C=O) groups excluding carboxylic acids is 1. The van der Waals surface area contributed by atoms with Crippen LogP contribution in [0, 0.1) is 12.3 Å². The highest BCUT2D eigenvalue weighted by molar-refractivity contribution is 5.85. The molecule has 1 heterocycles. The van der Waals surface area contributed by atoms with E-state index in [1.807, 2.05) is 0 Å². The summed E-state index contributed by atoms with van der Waals surface area (Å²) < 4.78 is 4.46. The van der Waals surface area contributed by atoms with E-state index in [0.29, 0.717) is 12.4 Å². The molecule has 0 saturated heterocycles. The van der Waals surface area contributed by atoms with Crippen molar-refractivity contribution in [2.24, 2.45) is 0 Å². The van der Waals surface area contributed by atoms with E-state index >= 15 is 0 Å². The number of nitrogens with one attached hydrogen (secondary N) is 1. The van der Waals surface area contributed by atoms with Crippen molar-refractivity contribution in [1.82, 2.24) is 9.97 Å². The molecule has 0 unspecified atom stereocenters. The second kappa shape index (κ2) is 4.82. The van der Waals surface area contributed by atoms with E-state index in [4.69, 9.17) is 6.42 Å². The number of nitrogens with zero attached hydrogens (tertiary/aromatic N) is 2. The largest absolute Gasteiger partial charge is 0.463 e. The van der Waals surface area contributed by atoms with E-state index < -0.39 is 5.97 Å². The summed E-state index contributed by atoms with van der Waals surface area (Å²) in [5.41, 5.74) is 0. The van der Waals surface area contributed by atoms with Gasteiger partial charge in [0.05, 0.1) is 13.7 Å². The van der Waals surface area contributed by atoms with Gasteiger partial charge in [-0.3, -0.25) is 0 Å². The van der Waals surface area contributed by atoms with Crippen LogP contribution in [0.5, 0.6) is 0 Å². The summed E-state index contributed by atoms with van der Waals surface area (Å²) in [5.74, 6) is 2.32. The smallest absolute Gasteiger partial charge is 0.376 e. The van der Waals surface area contributed by atoms with Gasteiger partial charge in [0.1, 0.15) is 5.82 Å². The van der Waals surface area contributed by atoms with E-state index in [9.17, 15) is 4.79 Å². The normalized spacial score (nSPS) is 8.86. The molecule has 5 nitrogen and oxygen atoms in total. The van der Waals surface area contributed by atoms with E-state index in [-0.39, 0.29) is 5.82 Å². The van der Waals surface area contributed by atoms with Gasteiger partial charge in [-0.05, 0) is 6.07 Å². The van der Waals surface area contributed by atoms with Gasteiger partial charge in [-0.1, -0.05) is 5.92 Å². The van der Waals surface area contributed by atoms with E-state index in [1.54, 1.807) is 6.07 Å². The fourth-order valence-electron chi connectivity index (χ4n) is 0.788. The number of hydrogen-bond donors (Lipinski definition) is 1. The number of ether oxygens (including phenoxy) is 1. The highest BCUT2D eigenvalue weighted by atomic mass is 16.5. The third-order valence-electron chi connectivity index (χ3n) is 1.40. The van der Waals surface area contributed by atoms with Crippen molar-refractivity contribution in [2.45, 2.75) is 0 Å². The van der Waals surface area contributed by atoms with Crippen molar-refractivity contribution in [3.8, 4) is 12.3 Å². The summed E-state index contributed by atoms with van der Waals surface area (Å²) in [6, 6.07) is 1.61. The predicted octanol–water partition coefficient (Wildman–Crippen LogP) is 0.308. The van der Waals surface area contributed by atoms with Gasteiger partial charge < -0.3 is 10.1 Å². The summed E-state index contributed by atoms with van der Waals surface area (Å²) in [6.07, 6.45) is 6.51. The fraction of sp³-hybridized carbons (Fsp3) is 0.222. The molecule has 0 saturated carbocycles. The van der Waals surface area contributed by atoms with E-state index in [0.717, 1.165) is 0 Å². The zero-order chi connectivity index (χ0) is 10.4. The van der Waals surface area contributed by atoms with Gasteiger partial charge in [0, 0.05) is 6.20 Å². The van der Waals surface area contributed by atoms with Crippen molar-refractivity contribution in [2.75, 3.05) is 19.0 Å².